The Morgan fingerprint density at radius 1 is 1.36 bits per heavy atom. The number of methoxy groups -OCH3 is 2. The Bertz CT molecular complexity index is 644. The normalized spacial score (nSPS) is 18.5. The third kappa shape index (κ3) is 3.03. The van der Waals surface area contributed by atoms with E-state index in [1.807, 2.05) is 18.3 Å². The Morgan fingerprint density at radius 3 is 2.91 bits per heavy atom. The molecule has 0 saturated carbocycles. The van der Waals surface area contributed by atoms with E-state index in [2.05, 4.69) is 16.0 Å². The van der Waals surface area contributed by atoms with Gasteiger partial charge in [0, 0.05) is 35.6 Å². The molecule has 2 N–H and O–H groups in total. The summed E-state index contributed by atoms with van der Waals surface area (Å²) in [5, 5.41) is 0.639. The van der Waals surface area contributed by atoms with Crippen LogP contribution in [0.3, 0.4) is 0 Å². The molecular weight excluding hydrogens is 298 g/mol. The van der Waals surface area contributed by atoms with Crippen molar-refractivity contribution in [3.8, 4) is 11.5 Å². The lowest BCUT2D eigenvalue weighted by molar-refractivity contribution is 0.325. The van der Waals surface area contributed by atoms with Crippen LogP contribution >= 0.6 is 11.3 Å². The standard InChI is InChI=1S/C16H21N3O2S/c1-20-14-5-3-4-13(15(14)21-2)11-6-7-19(9-11)10-12-8-18-16(17)22-12/h3-5,8,11H,6-7,9-10H2,1-2H3,(H2,17,18). The van der Waals surface area contributed by atoms with E-state index in [4.69, 9.17) is 15.2 Å². The average Bonchev–Trinajstić information content (AvgIpc) is 3.16. The summed E-state index contributed by atoms with van der Waals surface area (Å²) in [4.78, 5) is 7.78. The second-order valence-corrected chi connectivity index (χ2v) is 6.62. The topological polar surface area (TPSA) is 60.6 Å². The van der Waals surface area contributed by atoms with Crippen LogP contribution in [-0.2, 0) is 6.54 Å². The molecule has 2 aromatic rings. The van der Waals surface area contributed by atoms with E-state index < -0.39 is 0 Å². The van der Waals surface area contributed by atoms with Crippen LogP contribution in [0.2, 0.25) is 0 Å². The van der Waals surface area contributed by atoms with Crippen molar-refractivity contribution in [1.82, 2.24) is 9.88 Å². The molecule has 2 heterocycles. The highest BCUT2D eigenvalue weighted by atomic mass is 32.1. The van der Waals surface area contributed by atoms with E-state index in [0.717, 1.165) is 37.6 Å². The van der Waals surface area contributed by atoms with Crippen LogP contribution in [0.4, 0.5) is 5.13 Å². The molecule has 0 aliphatic carbocycles. The molecule has 0 spiro atoms. The van der Waals surface area contributed by atoms with Crippen molar-refractivity contribution in [3.05, 3.63) is 34.8 Å². The fourth-order valence-corrected chi connectivity index (χ4v) is 3.81. The summed E-state index contributed by atoms with van der Waals surface area (Å²) in [6.07, 6.45) is 3.00. The number of likely N-dealkylation sites (tertiary alicyclic amines) is 1. The zero-order valence-corrected chi connectivity index (χ0v) is 13.7. The number of hydrogen-bond acceptors (Lipinski definition) is 6. The maximum absolute atomic E-state index is 5.70. The molecule has 3 rings (SSSR count). The first kappa shape index (κ1) is 15.1. The van der Waals surface area contributed by atoms with Gasteiger partial charge in [-0.25, -0.2) is 4.98 Å². The summed E-state index contributed by atoms with van der Waals surface area (Å²) in [5.74, 6) is 2.13. The van der Waals surface area contributed by atoms with Crippen molar-refractivity contribution in [3.63, 3.8) is 0 Å². The molecular formula is C16H21N3O2S. The number of benzene rings is 1. The Labute approximate surface area is 134 Å². The SMILES string of the molecule is COc1cccc(C2CCN(Cc3cnc(N)s3)C2)c1OC. The van der Waals surface area contributed by atoms with Gasteiger partial charge in [0.15, 0.2) is 16.6 Å². The molecule has 6 heteroatoms. The maximum Gasteiger partial charge on any atom is 0.180 e. The number of nitrogens with zero attached hydrogens (tertiary/aromatic N) is 2. The molecule has 1 aliphatic rings. The number of thiazole rings is 1. The fraction of sp³-hybridized carbons (Fsp3) is 0.438. The van der Waals surface area contributed by atoms with E-state index in [-0.39, 0.29) is 0 Å². The molecule has 0 bridgehead atoms. The first-order chi connectivity index (χ1) is 10.7. The largest absolute Gasteiger partial charge is 0.493 e. The van der Waals surface area contributed by atoms with Gasteiger partial charge >= 0.3 is 0 Å². The Kier molecular flexibility index (Phi) is 4.49. The van der Waals surface area contributed by atoms with Crippen molar-refractivity contribution in [2.24, 2.45) is 0 Å². The minimum absolute atomic E-state index is 0.468. The predicted molar refractivity (Wildman–Crippen MR) is 88.7 cm³/mol. The Morgan fingerprint density at radius 2 is 2.23 bits per heavy atom. The highest BCUT2D eigenvalue weighted by Gasteiger charge is 2.27. The van der Waals surface area contributed by atoms with Gasteiger partial charge in [-0.3, -0.25) is 4.90 Å². The molecule has 1 atom stereocenters. The minimum Gasteiger partial charge on any atom is -0.493 e. The molecule has 1 aliphatic heterocycles. The smallest absolute Gasteiger partial charge is 0.180 e. The number of ether oxygens (including phenoxy) is 2. The molecule has 1 saturated heterocycles. The monoisotopic (exact) mass is 319 g/mol. The number of para-hydroxylation sites is 1. The highest BCUT2D eigenvalue weighted by Crippen LogP contribution is 2.39. The van der Waals surface area contributed by atoms with Crippen molar-refractivity contribution >= 4 is 16.5 Å². The molecule has 0 radical (unpaired) electrons. The summed E-state index contributed by atoms with van der Waals surface area (Å²) >= 11 is 1.57. The zero-order valence-electron chi connectivity index (χ0n) is 12.9. The fourth-order valence-electron chi connectivity index (χ4n) is 3.08. The summed E-state index contributed by atoms with van der Waals surface area (Å²) in [6.45, 7) is 3.00. The lowest BCUT2D eigenvalue weighted by atomic mass is 9.97. The second kappa shape index (κ2) is 6.54. The molecule has 5 nitrogen and oxygen atoms in total. The van der Waals surface area contributed by atoms with Gasteiger partial charge in [0.05, 0.1) is 14.2 Å². The number of rotatable bonds is 5. The van der Waals surface area contributed by atoms with Crippen LogP contribution in [0.1, 0.15) is 22.8 Å². The van der Waals surface area contributed by atoms with E-state index in [0.29, 0.717) is 11.0 Å². The first-order valence-electron chi connectivity index (χ1n) is 7.34. The lowest BCUT2D eigenvalue weighted by Crippen LogP contribution is -2.19. The van der Waals surface area contributed by atoms with E-state index in [1.54, 1.807) is 25.6 Å². The molecule has 0 amide bonds. The summed E-state index contributed by atoms with van der Waals surface area (Å²) < 4.78 is 11.0. The number of aromatic nitrogens is 1. The number of nitrogens with two attached hydrogens (primary N) is 1. The average molecular weight is 319 g/mol. The summed E-state index contributed by atoms with van der Waals surface area (Å²) in [6, 6.07) is 6.11. The Balaban J connectivity index is 1.72. The second-order valence-electron chi connectivity index (χ2n) is 5.47. The number of nitrogen functional groups attached to an aromatic ring is 1. The zero-order chi connectivity index (χ0) is 15.5. The van der Waals surface area contributed by atoms with E-state index >= 15 is 0 Å². The molecule has 1 fully saturated rings. The van der Waals surface area contributed by atoms with Crippen molar-refractivity contribution < 1.29 is 9.47 Å². The van der Waals surface area contributed by atoms with Crippen LogP contribution < -0.4 is 15.2 Å². The van der Waals surface area contributed by atoms with Gasteiger partial charge in [-0.1, -0.05) is 12.1 Å². The van der Waals surface area contributed by atoms with E-state index in [1.165, 1.54) is 10.4 Å². The van der Waals surface area contributed by atoms with Crippen molar-refractivity contribution in [2.75, 3.05) is 33.0 Å². The molecule has 1 aromatic heterocycles. The van der Waals surface area contributed by atoms with Gasteiger partial charge in [0.25, 0.3) is 0 Å². The third-order valence-corrected chi connectivity index (χ3v) is 4.91. The molecule has 1 unspecified atom stereocenters. The van der Waals surface area contributed by atoms with Crippen LogP contribution in [0.25, 0.3) is 0 Å². The van der Waals surface area contributed by atoms with Crippen LogP contribution in [0.5, 0.6) is 11.5 Å². The van der Waals surface area contributed by atoms with Crippen LogP contribution in [-0.4, -0.2) is 37.2 Å². The van der Waals surface area contributed by atoms with Gasteiger partial charge in [-0.05, 0) is 19.0 Å². The van der Waals surface area contributed by atoms with Crippen molar-refractivity contribution in [1.29, 1.82) is 0 Å². The quantitative estimate of drug-likeness (QED) is 0.918. The van der Waals surface area contributed by atoms with E-state index in [9.17, 15) is 0 Å². The molecule has 118 valence electrons. The summed E-state index contributed by atoms with van der Waals surface area (Å²) in [5.41, 5.74) is 6.93. The van der Waals surface area contributed by atoms with Gasteiger partial charge < -0.3 is 15.2 Å². The van der Waals surface area contributed by atoms with Gasteiger partial charge in [-0.15, -0.1) is 11.3 Å². The van der Waals surface area contributed by atoms with Crippen LogP contribution in [0, 0.1) is 0 Å². The number of anilines is 1. The van der Waals surface area contributed by atoms with Gasteiger partial charge in [0.1, 0.15) is 0 Å². The van der Waals surface area contributed by atoms with Gasteiger partial charge in [-0.2, -0.15) is 0 Å². The molecule has 22 heavy (non-hydrogen) atoms. The lowest BCUT2D eigenvalue weighted by Gasteiger charge is -2.18. The number of hydrogen-bond donors (Lipinski definition) is 1. The third-order valence-electron chi connectivity index (χ3n) is 4.10. The first-order valence-corrected chi connectivity index (χ1v) is 8.16. The highest BCUT2D eigenvalue weighted by molar-refractivity contribution is 7.15. The maximum atomic E-state index is 5.70. The predicted octanol–water partition coefficient (Wildman–Crippen LogP) is 2.73. The minimum atomic E-state index is 0.468. The Hall–Kier alpha value is -1.79. The van der Waals surface area contributed by atoms with Crippen LogP contribution in [0.15, 0.2) is 24.4 Å². The van der Waals surface area contributed by atoms with Gasteiger partial charge in [0.2, 0.25) is 0 Å². The summed E-state index contributed by atoms with van der Waals surface area (Å²) in [7, 11) is 3.38. The van der Waals surface area contributed by atoms with Crippen molar-refractivity contribution in [2.45, 2.75) is 18.9 Å². The molecule has 1 aromatic carbocycles.